The van der Waals surface area contributed by atoms with Crippen molar-refractivity contribution in [2.75, 3.05) is 13.6 Å². The second-order valence-corrected chi connectivity index (χ2v) is 3.04. The molecule has 0 aliphatic heterocycles. The standard InChI is InChI=1S/C9H12N2O4/c1-11(5-7-2-3-15-6-7)9(14)10-4-8(12)13/h2-3,6H,4-5H2,1H3,(H,10,14)(H,12,13). The maximum Gasteiger partial charge on any atom is 0.323 e. The molecule has 15 heavy (non-hydrogen) atoms. The first-order valence-corrected chi connectivity index (χ1v) is 4.31. The van der Waals surface area contributed by atoms with Gasteiger partial charge in [-0.1, -0.05) is 0 Å². The van der Waals surface area contributed by atoms with E-state index in [0.717, 1.165) is 5.56 Å². The maximum atomic E-state index is 11.3. The highest BCUT2D eigenvalue weighted by Gasteiger charge is 2.10. The molecular formula is C9H12N2O4. The van der Waals surface area contributed by atoms with Crippen LogP contribution in [0.3, 0.4) is 0 Å². The molecular weight excluding hydrogens is 200 g/mol. The van der Waals surface area contributed by atoms with Crippen molar-refractivity contribution in [2.24, 2.45) is 0 Å². The summed E-state index contributed by atoms with van der Waals surface area (Å²) in [7, 11) is 1.57. The summed E-state index contributed by atoms with van der Waals surface area (Å²) in [6, 6.07) is 1.31. The minimum Gasteiger partial charge on any atom is -0.480 e. The van der Waals surface area contributed by atoms with E-state index in [4.69, 9.17) is 9.52 Å². The van der Waals surface area contributed by atoms with E-state index < -0.39 is 12.0 Å². The van der Waals surface area contributed by atoms with Gasteiger partial charge in [-0.05, 0) is 6.07 Å². The lowest BCUT2D eigenvalue weighted by atomic mass is 10.3. The van der Waals surface area contributed by atoms with E-state index >= 15 is 0 Å². The Morgan fingerprint density at radius 1 is 1.60 bits per heavy atom. The van der Waals surface area contributed by atoms with Crippen LogP contribution in [0, 0.1) is 0 Å². The summed E-state index contributed by atoms with van der Waals surface area (Å²) in [5, 5.41) is 10.6. The van der Waals surface area contributed by atoms with Crippen molar-refractivity contribution in [3.63, 3.8) is 0 Å². The van der Waals surface area contributed by atoms with Gasteiger partial charge in [0, 0.05) is 12.6 Å². The van der Waals surface area contributed by atoms with E-state index in [1.54, 1.807) is 13.1 Å². The van der Waals surface area contributed by atoms with Crippen molar-refractivity contribution in [2.45, 2.75) is 6.54 Å². The SMILES string of the molecule is CN(Cc1ccoc1)C(=O)NCC(=O)O. The normalized spacial score (nSPS) is 9.67. The van der Waals surface area contributed by atoms with Gasteiger partial charge in [-0.15, -0.1) is 0 Å². The third-order valence-corrected chi connectivity index (χ3v) is 1.74. The molecule has 0 spiro atoms. The van der Waals surface area contributed by atoms with Gasteiger partial charge in [0.05, 0.1) is 19.1 Å². The Labute approximate surface area is 86.5 Å². The molecule has 6 nitrogen and oxygen atoms in total. The molecule has 0 saturated carbocycles. The molecule has 0 bridgehead atoms. The van der Waals surface area contributed by atoms with E-state index in [1.165, 1.54) is 17.4 Å². The smallest absolute Gasteiger partial charge is 0.323 e. The number of rotatable bonds is 4. The zero-order chi connectivity index (χ0) is 11.3. The predicted molar refractivity (Wildman–Crippen MR) is 51.2 cm³/mol. The first-order valence-electron chi connectivity index (χ1n) is 4.31. The lowest BCUT2D eigenvalue weighted by Gasteiger charge is -2.15. The summed E-state index contributed by atoms with van der Waals surface area (Å²) < 4.78 is 4.84. The first-order chi connectivity index (χ1) is 7.09. The summed E-state index contributed by atoms with van der Waals surface area (Å²) in [6.45, 7) is -0.00346. The Morgan fingerprint density at radius 3 is 2.87 bits per heavy atom. The average Bonchev–Trinajstić information content (AvgIpc) is 2.66. The zero-order valence-electron chi connectivity index (χ0n) is 8.27. The molecule has 0 aliphatic carbocycles. The van der Waals surface area contributed by atoms with Gasteiger partial charge in [0.25, 0.3) is 0 Å². The van der Waals surface area contributed by atoms with Gasteiger partial charge >= 0.3 is 12.0 Å². The number of amides is 2. The number of furan rings is 1. The van der Waals surface area contributed by atoms with Crippen molar-refractivity contribution in [1.29, 1.82) is 0 Å². The van der Waals surface area contributed by atoms with Gasteiger partial charge in [-0.2, -0.15) is 0 Å². The van der Waals surface area contributed by atoms with E-state index in [9.17, 15) is 9.59 Å². The van der Waals surface area contributed by atoms with E-state index in [1.807, 2.05) is 0 Å². The highest BCUT2D eigenvalue weighted by molar-refractivity contribution is 5.79. The van der Waals surface area contributed by atoms with E-state index in [-0.39, 0.29) is 6.54 Å². The Balaban J connectivity index is 2.36. The van der Waals surface area contributed by atoms with Gasteiger partial charge in [0.2, 0.25) is 0 Å². The van der Waals surface area contributed by atoms with Crippen LogP contribution < -0.4 is 5.32 Å². The molecule has 2 N–H and O–H groups in total. The Kier molecular flexibility index (Phi) is 3.73. The fourth-order valence-corrected chi connectivity index (χ4v) is 1.01. The van der Waals surface area contributed by atoms with Crippen LogP contribution in [0.2, 0.25) is 0 Å². The second-order valence-electron chi connectivity index (χ2n) is 3.04. The van der Waals surface area contributed by atoms with Crippen LogP contribution in [0.25, 0.3) is 0 Å². The summed E-state index contributed by atoms with van der Waals surface area (Å²) in [5.74, 6) is -1.07. The Morgan fingerprint density at radius 2 is 2.33 bits per heavy atom. The van der Waals surface area contributed by atoms with Gasteiger partial charge < -0.3 is 19.7 Å². The number of hydrogen-bond donors (Lipinski definition) is 2. The highest BCUT2D eigenvalue weighted by atomic mass is 16.4. The molecule has 0 radical (unpaired) electrons. The number of carboxylic acids is 1. The molecule has 0 unspecified atom stereocenters. The lowest BCUT2D eigenvalue weighted by molar-refractivity contribution is -0.135. The van der Waals surface area contributed by atoms with Crippen LogP contribution in [0.1, 0.15) is 5.56 Å². The van der Waals surface area contributed by atoms with Gasteiger partial charge in [-0.3, -0.25) is 4.79 Å². The summed E-state index contributed by atoms with van der Waals surface area (Å²) in [4.78, 5) is 22.9. The molecule has 1 heterocycles. The molecule has 1 aromatic rings. The summed E-state index contributed by atoms with van der Waals surface area (Å²) in [5.41, 5.74) is 0.850. The van der Waals surface area contributed by atoms with Gasteiger partial charge in [0.15, 0.2) is 0 Å². The van der Waals surface area contributed by atoms with Crippen LogP contribution in [-0.4, -0.2) is 35.6 Å². The molecule has 1 rings (SSSR count). The van der Waals surface area contributed by atoms with Gasteiger partial charge in [-0.25, -0.2) is 4.79 Å². The predicted octanol–water partition coefficient (Wildman–Crippen LogP) is 0.506. The minimum atomic E-state index is -1.07. The fraction of sp³-hybridized carbons (Fsp3) is 0.333. The molecule has 0 fully saturated rings. The third kappa shape index (κ3) is 3.72. The fourth-order valence-electron chi connectivity index (χ4n) is 1.01. The Hall–Kier alpha value is -1.98. The van der Waals surface area contributed by atoms with Crippen LogP contribution in [0.4, 0.5) is 4.79 Å². The van der Waals surface area contributed by atoms with Gasteiger partial charge in [0.1, 0.15) is 6.54 Å². The topological polar surface area (TPSA) is 82.8 Å². The quantitative estimate of drug-likeness (QED) is 0.761. The number of carbonyl (C=O) groups is 2. The number of urea groups is 1. The Bertz CT molecular complexity index is 334. The molecule has 82 valence electrons. The largest absolute Gasteiger partial charge is 0.480 e. The van der Waals surface area contributed by atoms with Crippen LogP contribution >= 0.6 is 0 Å². The summed E-state index contributed by atoms with van der Waals surface area (Å²) >= 11 is 0. The third-order valence-electron chi connectivity index (χ3n) is 1.74. The second kappa shape index (κ2) is 5.04. The van der Waals surface area contributed by atoms with Crippen molar-refractivity contribution < 1.29 is 19.1 Å². The molecule has 2 amide bonds. The highest BCUT2D eigenvalue weighted by Crippen LogP contribution is 2.03. The van der Waals surface area contributed by atoms with E-state index in [0.29, 0.717) is 6.54 Å². The van der Waals surface area contributed by atoms with Crippen LogP contribution in [0.5, 0.6) is 0 Å². The lowest BCUT2D eigenvalue weighted by Crippen LogP contribution is -2.39. The van der Waals surface area contributed by atoms with Crippen LogP contribution in [-0.2, 0) is 11.3 Å². The monoisotopic (exact) mass is 212 g/mol. The number of carbonyl (C=O) groups excluding carboxylic acids is 1. The first kappa shape index (κ1) is 11.1. The van der Waals surface area contributed by atoms with Crippen LogP contribution in [0.15, 0.2) is 23.0 Å². The van der Waals surface area contributed by atoms with Crippen molar-refractivity contribution in [3.05, 3.63) is 24.2 Å². The van der Waals surface area contributed by atoms with E-state index in [2.05, 4.69) is 5.32 Å². The number of aliphatic carboxylic acids is 1. The zero-order valence-corrected chi connectivity index (χ0v) is 8.27. The number of hydrogen-bond acceptors (Lipinski definition) is 3. The minimum absolute atomic E-state index is 0.377. The number of nitrogens with zero attached hydrogens (tertiary/aromatic N) is 1. The molecule has 0 aromatic carbocycles. The average molecular weight is 212 g/mol. The van der Waals surface area contributed by atoms with Crippen molar-refractivity contribution >= 4 is 12.0 Å². The van der Waals surface area contributed by atoms with Crippen molar-refractivity contribution in [3.8, 4) is 0 Å². The molecule has 1 aromatic heterocycles. The summed E-state index contributed by atoms with van der Waals surface area (Å²) in [6.07, 6.45) is 3.04. The maximum absolute atomic E-state index is 11.3. The number of carboxylic acid groups (broad SMARTS) is 1. The van der Waals surface area contributed by atoms with Crippen molar-refractivity contribution in [1.82, 2.24) is 10.2 Å². The molecule has 0 saturated heterocycles. The molecule has 0 aliphatic rings. The number of nitrogens with one attached hydrogen (secondary N) is 1. The molecule has 0 atom stereocenters. The molecule has 6 heteroatoms.